The minimum absolute atomic E-state index is 0.0262. The number of para-hydroxylation sites is 1. The van der Waals surface area contributed by atoms with Crippen LogP contribution in [0.25, 0.3) is 10.9 Å². The van der Waals surface area contributed by atoms with E-state index in [4.69, 9.17) is 10.1 Å². The van der Waals surface area contributed by atoms with E-state index in [9.17, 15) is 5.11 Å². The van der Waals surface area contributed by atoms with Crippen molar-refractivity contribution in [2.75, 3.05) is 13.7 Å². The summed E-state index contributed by atoms with van der Waals surface area (Å²) >= 11 is 0. The molecule has 2 rings (SSSR count). The summed E-state index contributed by atoms with van der Waals surface area (Å²) in [5.74, 6) is 0.0262. The van der Waals surface area contributed by atoms with Crippen LogP contribution in [0.5, 0.6) is 5.88 Å². The number of hydrogen-bond donors (Lipinski definition) is 3. The molecule has 0 aliphatic heterocycles. The quantitative estimate of drug-likeness (QED) is 0.668. The Bertz CT molecular complexity index is 502. The van der Waals surface area contributed by atoms with Crippen LogP contribution in [0.3, 0.4) is 0 Å². The summed E-state index contributed by atoms with van der Waals surface area (Å²) in [6, 6.07) is 7.48. The summed E-state index contributed by atoms with van der Waals surface area (Å²) in [5, 5.41) is 18.3. The Morgan fingerprint density at radius 1 is 1.47 bits per heavy atom. The number of aromatic hydroxyl groups is 1. The zero-order valence-corrected chi connectivity index (χ0v) is 8.37. The maximum atomic E-state index is 9.68. The Morgan fingerprint density at radius 2 is 2.20 bits per heavy atom. The van der Waals surface area contributed by atoms with Gasteiger partial charge >= 0.3 is 0 Å². The first-order chi connectivity index (χ1) is 7.24. The summed E-state index contributed by atoms with van der Waals surface area (Å²) in [6.45, 7) is 0.190. The third kappa shape index (κ3) is 1.59. The monoisotopic (exact) mass is 204 g/mol. The van der Waals surface area contributed by atoms with E-state index in [0.29, 0.717) is 5.56 Å². The molecule has 0 atom stereocenters. The molecule has 0 unspecified atom stereocenters. The molecule has 0 saturated carbocycles. The van der Waals surface area contributed by atoms with Crippen molar-refractivity contribution in [3.63, 3.8) is 0 Å². The van der Waals surface area contributed by atoms with Gasteiger partial charge in [-0.3, -0.25) is 0 Å². The van der Waals surface area contributed by atoms with Gasteiger partial charge in [-0.2, -0.15) is 0 Å². The lowest BCUT2D eigenvalue weighted by molar-refractivity contribution is 0.245. The molecular weight excluding hydrogens is 192 g/mol. The summed E-state index contributed by atoms with van der Waals surface area (Å²) < 4.78 is 4.88. The topological polar surface area (TPSA) is 69.1 Å². The first-order valence-electron chi connectivity index (χ1n) is 4.60. The average molecular weight is 204 g/mol. The van der Waals surface area contributed by atoms with Crippen LogP contribution in [-0.4, -0.2) is 29.5 Å². The number of rotatable bonds is 3. The average Bonchev–Trinajstić information content (AvgIpc) is 2.54. The predicted molar refractivity (Wildman–Crippen MR) is 58.7 cm³/mol. The smallest absolute Gasteiger partial charge is 0.198 e. The maximum absolute atomic E-state index is 9.68. The molecule has 0 bridgehead atoms. The van der Waals surface area contributed by atoms with Crippen molar-refractivity contribution in [3.05, 3.63) is 29.8 Å². The van der Waals surface area contributed by atoms with E-state index in [1.54, 1.807) is 0 Å². The SMILES string of the molecule is COCC(=N)c1c(O)[nH]c2ccccc12. The van der Waals surface area contributed by atoms with E-state index >= 15 is 0 Å². The number of methoxy groups -OCH3 is 1. The van der Waals surface area contributed by atoms with Crippen molar-refractivity contribution in [2.45, 2.75) is 0 Å². The van der Waals surface area contributed by atoms with Crippen molar-refractivity contribution in [1.29, 1.82) is 5.41 Å². The van der Waals surface area contributed by atoms with Crippen LogP contribution in [-0.2, 0) is 4.74 Å². The number of benzene rings is 1. The number of fused-ring (bicyclic) bond motifs is 1. The fraction of sp³-hybridized carbons (Fsp3) is 0.182. The van der Waals surface area contributed by atoms with Gasteiger partial charge in [-0.25, -0.2) is 0 Å². The van der Waals surface area contributed by atoms with Gasteiger partial charge < -0.3 is 20.2 Å². The van der Waals surface area contributed by atoms with E-state index in [-0.39, 0.29) is 18.2 Å². The third-order valence-corrected chi connectivity index (χ3v) is 2.28. The van der Waals surface area contributed by atoms with Crippen molar-refractivity contribution < 1.29 is 9.84 Å². The highest BCUT2D eigenvalue weighted by Crippen LogP contribution is 2.27. The normalized spacial score (nSPS) is 10.7. The van der Waals surface area contributed by atoms with Crippen LogP contribution in [0.15, 0.2) is 24.3 Å². The van der Waals surface area contributed by atoms with Crippen LogP contribution in [0.2, 0.25) is 0 Å². The number of H-pyrrole nitrogens is 1. The largest absolute Gasteiger partial charge is 0.494 e. The Kier molecular flexibility index (Phi) is 2.43. The lowest BCUT2D eigenvalue weighted by Crippen LogP contribution is -2.06. The summed E-state index contributed by atoms with van der Waals surface area (Å²) in [6.07, 6.45) is 0. The Morgan fingerprint density at radius 3 is 2.93 bits per heavy atom. The fourth-order valence-electron chi connectivity index (χ4n) is 1.65. The summed E-state index contributed by atoms with van der Waals surface area (Å²) in [4.78, 5) is 2.83. The van der Waals surface area contributed by atoms with E-state index in [0.717, 1.165) is 10.9 Å². The second-order valence-corrected chi connectivity index (χ2v) is 3.31. The maximum Gasteiger partial charge on any atom is 0.198 e. The van der Waals surface area contributed by atoms with E-state index in [1.807, 2.05) is 24.3 Å². The molecule has 0 aliphatic carbocycles. The van der Waals surface area contributed by atoms with Crippen LogP contribution in [0.1, 0.15) is 5.56 Å². The van der Waals surface area contributed by atoms with E-state index < -0.39 is 0 Å². The van der Waals surface area contributed by atoms with Gasteiger partial charge in [0.1, 0.15) is 0 Å². The Labute approximate surface area is 87.0 Å². The number of nitrogens with one attached hydrogen (secondary N) is 2. The summed E-state index contributed by atoms with van der Waals surface area (Å²) in [7, 11) is 1.53. The molecule has 0 radical (unpaired) electrons. The van der Waals surface area contributed by atoms with Crippen LogP contribution < -0.4 is 0 Å². The van der Waals surface area contributed by atoms with Gasteiger partial charge in [-0.05, 0) is 6.07 Å². The fourth-order valence-corrected chi connectivity index (χ4v) is 1.65. The zero-order valence-electron chi connectivity index (χ0n) is 8.37. The molecule has 0 aliphatic rings. The highest BCUT2D eigenvalue weighted by atomic mass is 16.5. The van der Waals surface area contributed by atoms with Gasteiger partial charge in [0, 0.05) is 18.0 Å². The molecule has 1 heterocycles. The molecule has 15 heavy (non-hydrogen) atoms. The van der Waals surface area contributed by atoms with Gasteiger partial charge in [0.25, 0.3) is 0 Å². The van der Waals surface area contributed by atoms with Gasteiger partial charge in [-0.15, -0.1) is 0 Å². The van der Waals surface area contributed by atoms with Crippen LogP contribution in [0, 0.1) is 5.41 Å². The standard InChI is InChI=1S/C11H12N2O2/c1-15-6-8(12)10-7-4-2-3-5-9(7)13-11(10)14/h2-5,12-14H,6H2,1H3. The second-order valence-electron chi connectivity index (χ2n) is 3.31. The molecule has 0 fully saturated rings. The van der Waals surface area contributed by atoms with Crippen molar-refractivity contribution >= 4 is 16.6 Å². The third-order valence-electron chi connectivity index (χ3n) is 2.28. The number of aromatic amines is 1. The van der Waals surface area contributed by atoms with Gasteiger partial charge in [-0.1, -0.05) is 18.2 Å². The second kappa shape index (κ2) is 3.74. The molecule has 78 valence electrons. The molecular formula is C11H12N2O2. The van der Waals surface area contributed by atoms with E-state index in [1.165, 1.54) is 7.11 Å². The lowest BCUT2D eigenvalue weighted by atomic mass is 10.1. The van der Waals surface area contributed by atoms with E-state index in [2.05, 4.69) is 4.98 Å². The predicted octanol–water partition coefficient (Wildman–Crippen LogP) is 1.89. The van der Waals surface area contributed by atoms with Crippen molar-refractivity contribution in [2.24, 2.45) is 0 Å². The molecule has 0 amide bonds. The molecule has 2 aromatic rings. The van der Waals surface area contributed by atoms with Crippen molar-refractivity contribution in [3.8, 4) is 5.88 Å². The molecule has 0 spiro atoms. The van der Waals surface area contributed by atoms with Crippen LogP contribution in [0.4, 0.5) is 0 Å². The van der Waals surface area contributed by atoms with Crippen molar-refractivity contribution in [1.82, 2.24) is 4.98 Å². The first-order valence-corrected chi connectivity index (χ1v) is 4.60. The van der Waals surface area contributed by atoms with Gasteiger partial charge in [0.05, 0.1) is 17.9 Å². The molecule has 4 nitrogen and oxygen atoms in total. The highest BCUT2D eigenvalue weighted by molar-refractivity contribution is 6.12. The minimum atomic E-state index is 0.0262. The molecule has 0 saturated heterocycles. The number of ether oxygens (including phenoxy) is 1. The first kappa shape index (κ1) is 9.73. The summed E-state index contributed by atoms with van der Waals surface area (Å²) in [5.41, 5.74) is 1.62. The highest BCUT2D eigenvalue weighted by Gasteiger charge is 2.14. The van der Waals surface area contributed by atoms with Crippen LogP contribution >= 0.6 is 0 Å². The zero-order chi connectivity index (χ0) is 10.8. The number of aromatic nitrogens is 1. The van der Waals surface area contributed by atoms with Gasteiger partial charge in [0.2, 0.25) is 0 Å². The Balaban J connectivity index is 2.58. The lowest BCUT2D eigenvalue weighted by Gasteiger charge is -2.01. The van der Waals surface area contributed by atoms with Gasteiger partial charge in [0.15, 0.2) is 5.88 Å². The number of hydrogen-bond acceptors (Lipinski definition) is 3. The minimum Gasteiger partial charge on any atom is -0.494 e. The molecule has 3 N–H and O–H groups in total. The molecule has 4 heteroatoms. The Hall–Kier alpha value is -1.81. The molecule has 1 aromatic heterocycles. The molecule has 1 aromatic carbocycles.